The number of hydrogen-bond donors (Lipinski definition) is 4. The minimum atomic E-state index is -0.716. The van der Waals surface area contributed by atoms with Gasteiger partial charge in [-0.15, -0.1) is 0 Å². The molecule has 0 radical (unpaired) electrons. The summed E-state index contributed by atoms with van der Waals surface area (Å²) in [6, 6.07) is 13.4. The normalized spacial score (nSPS) is 21.9. The molecule has 5 aromatic rings. The zero-order chi connectivity index (χ0) is 44.8. The van der Waals surface area contributed by atoms with E-state index in [9.17, 15) is 19.2 Å². The molecule has 15 nitrogen and oxygen atoms in total. The van der Waals surface area contributed by atoms with Gasteiger partial charge in [-0.05, 0) is 111 Å². The molecule has 4 amide bonds. The maximum atomic E-state index is 14.2. The van der Waals surface area contributed by atoms with Crippen LogP contribution in [0.3, 0.4) is 0 Å². The van der Waals surface area contributed by atoms with Gasteiger partial charge in [0.25, 0.3) is 0 Å². The molecule has 338 valence electrons. The van der Waals surface area contributed by atoms with E-state index in [4.69, 9.17) is 24.2 Å². The molecule has 3 fully saturated rings. The van der Waals surface area contributed by atoms with Crippen molar-refractivity contribution in [3.05, 3.63) is 65.9 Å². The summed E-state index contributed by atoms with van der Waals surface area (Å²) in [5.74, 6) is 2.27. The second-order valence-corrected chi connectivity index (χ2v) is 18.6. The Morgan fingerprint density at radius 3 is 2.27 bits per heavy atom. The van der Waals surface area contributed by atoms with Crippen molar-refractivity contribution < 1.29 is 33.4 Å². The van der Waals surface area contributed by atoms with Crippen LogP contribution in [0.25, 0.3) is 44.2 Å². The molecule has 4 aliphatic rings. The van der Waals surface area contributed by atoms with Crippen molar-refractivity contribution in [2.45, 2.75) is 135 Å². The Balaban J connectivity index is 0.945. The van der Waals surface area contributed by atoms with Crippen LogP contribution < -0.4 is 15.4 Å². The van der Waals surface area contributed by atoms with Gasteiger partial charge in [-0.25, -0.2) is 19.6 Å². The highest BCUT2D eigenvalue weighted by Crippen LogP contribution is 2.44. The van der Waals surface area contributed by atoms with Crippen LogP contribution in [-0.2, 0) is 25.7 Å². The number of aromatic amines is 2. The van der Waals surface area contributed by atoms with E-state index >= 15 is 0 Å². The van der Waals surface area contributed by atoms with Crippen LogP contribution >= 0.6 is 0 Å². The number of fused-ring (bicyclic) bond motifs is 6. The predicted molar refractivity (Wildman–Crippen MR) is 242 cm³/mol. The summed E-state index contributed by atoms with van der Waals surface area (Å²) in [7, 11) is 2.66. The van der Waals surface area contributed by atoms with E-state index in [1.807, 2.05) is 36.8 Å². The highest BCUT2D eigenvalue weighted by Gasteiger charge is 2.42. The molecule has 3 aliphatic heterocycles. The van der Waals surface area contributed by atoms with Crippen molar-refractivity contribution in [2.24, 2.45) is 11.8 Å². The zero-order valence-corrected chi connectivity index (χ0v) is 37.7. The standard InChI is InChI=1S/C49H60N8O7/c1-26(2)43(55-49(61)63-6)47(59)57-28(4)13-18-39(57)45-50-24-38(52-45)31-14-16-33-32(20-31)25-64-41-22-34-30(21-35(33)41)15-17-36-44(34)54-46(51-36)40-19-12-27(3)56(40)42(58)23-37(53-48(60)62-5)29-10-8-7-9-11-29/h14-17,20-22,24,26-29,37,39-40,43H,7-13,18-19,23,25H2,1-6H3,(H,50,52)(H,51,54)(H,53,60)(H,55,61). The minimum absolute atomic E-state index is 0.0136. The van der Waals surface area contributed by atoms with E-state index in [-0.39, 0.29) is 60.3 Å². The number of carbonyl (C=O) groups excluding carboxylic acids is 4. The zero-order valence-electron chi connectivity index (χ0n) is 37.7. The average molecular weight is 873 g/mol. The molecule has 0 bridgehead atoms. The topological polar surface area (TPSA) is 184 Å². The molecule has 6 unspecified atom stereocenters. The molecule has 3 aromatic carbocycles. The Morgan fingerprint density at radius 2 is 1.53 bits per heavy atom. The third-order valence-electron chi connectivity index (χ3n) is 14.3. The molecule has 9 rings (SSSR count). The van der Waals surface area contributed by atoms with Gasteiger partial charge in [0, 0.05) is 35.5 Å². The van der Waals surface area contributed by atoms with Crippen LogP contribution in [0.1, 0.15) is 121 Å². The first kappa shape index (κ1) is 43.1. The Labute approximate surface area is 373 Å². The van der Waals surface area contributed by atoms with Crippen LogP contribution in [-0.4, -0.2) is 92.1 Å². The highest BCUT2D eigenvalue weighted by molar-refractivity contribution is 6.07. The summed E-state index contributed by atoms with van der Waals surface area (Å²) < 4.78 is 16.2. The number of H-pyrrole nitrogens is 2. The Morgan fingerprint density at radius 1 is 0.812 bits per heavy atom. The number of amides is 4. The molecular formula is C49H60N8O7. The lowest BCUT2D eigenvalue weighted by Crippen LogP contribution is -2.52. The van der Waals surface area contributed by atoms with Gasteiger partial charge < -0.3 is 44.6 Å². The van der Waals surface area contributed by atoms with Crippen molar-refractivity contribution in [3.63, 3.8) is 0 Å². The maximum Gasteiger partial charge on any atom is 0.407 e. The predicted octanol–water partition coefficient (Wildman–Crippen LogP) is 8.85. The fourth-order valence-electron chi connectivity index (χ4n) is 10.8. The number of imidazole rings is 2. The van der Waals surface area contributed by atoms with E-state index < -0.39 is 18.2 Å². The van der Waals surface area contributed by atoms with Gasteiger partial charge in [0.2, 0.25) is 11.8 Å². The van der Waals surface area contributed by atoms with E-state index in [2.05, 4.69) is 70.0 Å². The lowest BCUT2D eigenvalue weighted by molar-refractivity contribution is -0.137. The van der Waals surface area contributed by atoms with Crippen molar-refractivity contribution in [3.8, 4) is 28.1 Å². The summed E-state index contributed by atoms with van der Waals surface area (Å²) >= 11 is 0. The van der Waals surface area contributed by atoms with Crippen molar-refractivity contribution in [1.82, 2.24) is 40.4 Å². The van der Waals surface area contributed by atoms with Gasteiger partial charge in [0.15, 0.2) is 0 Å². The van der Waals surface area contributed by atoms with Crippen molar-refractivity contribution in [1.29, 1.82) is 0 Å². The molecule has 1 saturated carbocycles. The summed E-state index contributed by atoms with van der Waals surface area (Å²) in [5.41, 5.74) is 6.70. The lowest BCUT2D eigenvalue weighted by atomic mass is 9.82. The number of rotatable bonds is 10. The van der Waals surface area contributed by atoms with Crippen molar-refractivity contribution in [2.75, 3.05) is 14.2 Å². The monoisotopic (exact) mass is 872 g/mol. The van der Waals surface area contributed by atoms with Gasteiger partial charge >= 0.3 is 12.2 Å². The number of ether oxygens (including phenoxy) is 3. The second-order valence-electron chi connectivity index (χ2n) is 18.6. The quantitative estimate of drug-likeness (QED) is 0.107. The average Bonchev–Trinajstić information content (AvgIpc) is 4.13. The van der Waals surface area contributed by atoms with Gasteiger partial charge in [0.05, 0.1) is 49.2 Å². The molecule has 15 heteroatoms. The lowest BCUT2D eigenvalue weighted by Gasteiger charge is -2.33. The van der Waals surface area contributed by atoms with Crippen LogP contribution in [0, 0.1) is 11.8 Å². The van der Waals surface area contributed by atoms with Crippen molar-refractivity contribution >= 4 is 45.8 Å². The molecule has 64 heavy (non-hydrogen) atoms. The number of methoxy groups -OCH3 is 2. The first-order valence-corrected chi connectivity index (χ1v) is 23.0. The number of likely N-dealkylation sites (tertiary alicyclic amines) is 2. The van der Waals surface area contributed by atoms with Gasteiger partial charge in [-0.3, -0.25) is 9.59 Å². The molecular weight excluding hydrogens is 813 g/mol. The van der Waals surface area contributed by atoms with Gasteiger partial charge in [0.1, 0.15) is 30.0 Å². The third-order valence-corrected chi connectivity index (χ3v) is 14.3. The number of carbonyl (C=O) groups is 4. The van der Waals surface area contributed by atoms with Crippen LogP contribution in [0.4, 0.5) is 9.59 Å². The summed E-state index contributed by atoms with van der Waals surface area (Å²) in [4.78, 5) is 73.4. The van der Waals surface area contributed by atoms with E-state index in [0.717, 1.165) is 113 Å². The van der Waals surface area contributed by atoms with E-state index in [1.165, 1.54) is 20.6 Å². The first-order chi connectivity index (χ1) is 30.9. The number of aromatic nitrogens is 4. The van der Waals surface area contributed by atoms with Crippen LogP contribution in [0.15, 0.2) is 48.7 Å². The molecule has 5 heterocycles. The minimum Gasteiger partial charge on any atom is -0.488 e. The van der Waals surface area contributed by atoms with Gasteiger partial charge in [-0.2, -0.15) is 0 Å². The first-order valence-electron chi connectivity index (χ1n) is 23.0. The van der Waals surface area contributed by atoms with Gasteiger partial charge in [-0.1, -0.05) is 51.3 Å². The maximum absolute atomic E-state index is 14.2. The summed E-state index contributed by atoms with van der Waals surface area (Å²) in [6.45, 7) is 8.34. The Bertz CT molecular complexity index is 2580. The fourth-order valence-corrected chi connectivity index (χ4v) is 10.8. The number of hydrogen-bond acceptors (Lipinski definition) is 9. The number of nitrogens with zero attached hydrogens (tertiary/aromatic N) is 4. The van der Waals surface area contributed by atoms with Crippen LogP contribution in [0.5, 0.6) is 5.75 Å². The molecule has 6 atom stereocenters. The SMILES string of the molecule is COC(=O)NC(CC(=O)N1C(C)CCC1c1nc2c(ccc3cc4c(cc32)OCc2cc(-c3cnc(C5CCC(C)N5C(=O)C(NC(=O)OC)C(C)C)[nH]3)ccc2-4)[nH]1)C1CCCCC1. The molecule has 0 spiro atoms. The molecule has 4 N–H and O–H groups in total. The fraction of sp³-hybridized carbons (Fsp3) is 0.510. The third kappa shape index (κ3) is 8.13. The highest BCUT2D eigenvalue weighted by atomic mass is 16.5. The Hall–Kier alpha value is -6.12. The molecule has 2 aromatic heterocycles. The van der Waals surface area contributed by atoms with E-state index in [1.54, 1.807) is 0 Å². The molecule has 1 aliphatic carbocycles. The number of nitrogens with one attached hydrogen (secondary N) is 4. The number of benzene rings is 3. The van der Waals surface area contributed by atoms with Crippen LogP contribution in [0.2, 0.25) is 0 Å². The smallest absolute Gasteiger partial charge is 0.407 e. The Kier molecular flexibility index (Phi) is 12.0. The summed E-state index contributed by atoms with van der Waals surface area (Å²) in [5, 5.41) is 7.74. The van der Waals surface area contributed by atoms with E-state index in [0.29, 0.717) is 12.4 Å². The molecule has 2 saturated heterocycles. The largest absolute Gasteiger partial charge is 0.488 e. The second kappa shape index (κ2) is 17.8. The number of alkyl carbamates (subject to hydrolysis) is 2. The summed E-state index contributed by atoms with van der Waals surface area (Å²) in [6.07, 6.45) is 9.57.